The van der Waals surface area contributed by atoms with Crippen molar-refractivity contribution < 1.29 is 26.3 Å². The number of hydrogen-bond acceptors (Lipinski definition) is 1. The molecule has 0 aromatic heterocycles. The first-order chi connectivity index (χ1) is 13.1. The van der Waals surface area contributed by atoms with E-state index in [0.717, 1.165) is 24.3 Å². The Morgan fingerprint density at radius 1 is 0.571 bits per heavy atom. The molecule has 0 atom stereocenters. The van der Waals surface area contributed by atoms with E-state index in [1.807, 2.05) is 0 Å². The van der Waals surface area contributed by atoms with Gasteiger partial charge in [0.05, 0.1) is 11.1 Å². The number of alkyl halides is 6. The summed E-state index contributed by atoms with van der Waals surface area (Å²) in [5.74, 6) is 0. The molecule has 3 aromatic carbocycles. The van der Waals surface area contributed by atoms with E-state index in [-0.39, 0.29) is 0 Å². The van der Waals surface area contributed by atoms with Crippen molar-refractivity contribution in [1.29, 1.82) is 0 Å². The third-order valence-corrected chi connectivity index (χ3v) is 4.36. The molecule has 0 aliphatic heterocycles. The van der Waals surface area contributed by atoms with E-state index in [1.165, 1.54) is 24.3 Å². The highest BCUT2D eigenvalue weighted by atomic mass is 19.4. The minimum atomic E-state index is -4.40. The molecule has 0 N–H and O–H groups in total. The molecule has 0 saturated heterocycles. The van der Waals surface area contributed by atoms with Gasteiger partial charge >= 0.3 is 12.4 Å². The fourth-order valence-electron chi connectivity index (χ4n) is 2.77. The Morgan fingerprint density at radius 2 is 1.07 bits per heavy atom. The summed E-state index contributed by atoms with van der Waals surface area (Å²) in [5.41, 5.74) is 1.09. The highest BCUT2D eigenvalue weighted by Crippen LogP contribution is 2.34. The van der Waals surface area contributed by atoms with Crippen molar-refractivity contribution in [3.05, 3.63) is 83.9 Å². The van der Waals surface area contributed by atoms with Gasteiger partial charge in [-0.15, -0.1) is 0 Å². The highest BCUT2D eigenvalue weighted by Gasteiger charge is 2.30. The van der Waals surface area contributed by atoms with Gasteiger partial charge in [0.15, 0.2) is 0 Å². The van der Waals surface area contributed by atoms with Gasteiger partial charge in [-0.05, 0) is 59.7 Å². The lowest BCUT2D eigenvalue weighted by atomic mass is 10.0. The Labute approximate surface area is 157 Å². The van der Waals surface area contributed by atoms with Crippen molar-refractivity contribution in [2.24, 2.45) is 0 Å². The van der Waals surface area contributed by atoms with Gasteiger partial charge in [-0.1, -0.05) is 24.3 Å². The number of anilines is 2. The molecule has 28 heavy (non-hydrogen) atoms. The average molecular weight is 395 g/mol. The number of hydrogen-bond donors (Lipinski definition) is 0. The summed E-state index contributed by atoms with van der Waals surface area (Å²) >= 11 is 0. The van der Waals surface area contributed by atoms with Crippen LogP contribution in [-0.4, -0.2) is 7.05 Å². The van der Waals surface area contributed by atoms with Crippen LogP contribution in [0.2, 0.25) is 0 Å². The van der Waals surface area contributed by atoms with Gasteiger partial charge in [0.1, 0.15) is 0 Å². The predicted molar refractivity (Wildman–Crippen MR) is 96.4 cm³/mol. The summed E-state index contributed by atoms with van der Waals surface area (Å²) in [6, 6.07) is 16.6. The van der Waals surface area contributed by atoms with E-state index in [2.05, 4.69) is 0 Å². The lowest BCUT2D eigenvalue weighted by molar-refractivity contribution is -0.138. The molecule has 0 spiro atoms. The van der Waals surface area contributed by atoms with Crippen LogP contribution < -0.4 is 4.90 Å². The number of rotatable bonds is 3. The second-order valence-corrected chi connectivity index (χ2v) is 6.23. The van der Waals surface area contributed by atoms with Crippen LogP contribution in [0, 0.1) is 0 Å². The van der Waals surface area contributed by atoms with E-state index in [0.29, 0.717) is 22.5 Å². The largest absolute Gasteiger partial charge is 0.416 e. The maximum absolute atomic E-state index is 12.7. The third-order valence-electron chi connectivity index (χ3n) is 4.36. The first kappa shape index (κ1) is 19.8. The number of nitrogens with zero attached hydrogens (tertiary/aromatic N) is 1. The molecule has 0 aliphatic rings. The topological polar surface area (TPSA) is 3.24 Å². The van der Waals surface area contributed by atoms with Gasteiger partial charge in [-0.25, -0.2) is 0 Å². The zero-order valence-corrected chi connectivity index (χ0v) is 14.6. The van der Waals surface area contributed by atoms with Crippen molar-refractivity contribution in [3.8, 4) is 11.1 Å². The summed E-state index contributed by atoms with van der Waals surface area (Å²) in [6.07, 6.45) is -8.80. The molecule has 0 bridgehead atoms. The second kappa shape index (κ2) is 7.22. The standard InChI is InChI=1S/C21H15F6N/c1-28(18-11-9-17(10-12-18)21(25,26)27)19-4-2-3-15(13-19)14-5-7-16(8-6-14)20(22,23)24/h2-13H,1H3. The Hall–Kier alpha value is -2.96. The van der Waals surface area contributed by atoms with Crippen LogP contribution in [0.1, 0.15) is 11.1 Å². The van der Waals surface area contributed by atoms with Crippen LogP contribution in [-0.2, 0) is 12.4 Å². The van der Waals surface area contributed by atoms with Gasteiger partial charge in [0, 0.05) is 18.4 Å². The van der Waals surface area contributed by atoms with Crippen LogP contribution in [0.4, 0.5) is 37.7 Å². The molecular formula is C21H15F6N. The molecule has 0 amide bonds. The van der Waals surface area contributed by atoms with Gasteiger partial charge in [-0.3, -0.25) is 0 Å². The monoisotopic (exact) mass is 395 g/mol. The van der Waals surface area contributed by atoms with Gasteiger partial charge in [0.2, 0.25) is 0 Å². The lowest BCUT2D eigenvalue weighted by Crippen LogP contribution is -2.10. The zero-order chi connectivity index (χ0) is 20.5. The number of halogens is 6. The summed E-state index contributed by atoms with van der Waals surface area (Å²) in [5, 5.41) is 0. The Kier molecular flexibility index (Phi) is 5.10. The summed E-state index contributed by atoms with van der Waals surface area (Å²) in [4.78, 5) is 1.70. The van der Waals surface area contributed by atoms with E-state index in [4.69, 9.17) is 0 Å². The lowest BCUT2D eigenvalue weighted by Gasteiger charge is -2.21. The van der Waals surface area contributed by atoms with Crippen molar-refractivity contribution in [2.75, 3.05) is 11.9 Å². The average Bonchev–Trinajstić information content (AvgIpc) is 2.66. The smallest absolute Gasteiger partial charge is 0.345 e. The normalized spacial score (nSPS) is 12.1. The Balaban J connectivity index is 1.86. The molecule has 0 aliphatic carbocycles. The minimum absolute atomic E-state index is 0.553. The SMILES string of the molecule is CN(c1ccc(C(F)(F)F)cc1)c1cccc(-c2ccc(C(F)(F)F)cc2)c1. The minimum Gasteiger partial charge on any atom is -0.345 e. The molecule has 7 heteroatoms. The third kappa shape index (κ3) is 4.30. The second-order valence-electron chi connectivity index (χ2n) is 6.23. The summed E-state index contributed by atoms with van der Waals surface area (Å²) in [6.45, 7) is 0. The molecular weight excluding hydrogens is 380 g/mol. The molecule has 0 fully saturated rings. The molecule has 1 nitrogen and oxygen atoms in total. The summed E-state index contributed by atoms with van der Waals surface area (Å²) < 4.78 is 76.2. The van der Waals surface area contributed by atoms with Crippen molar-refractivity contribution in [1.82, 2.24) is 0 Å². The molecule has 3 aromatic rings. The fraction of sp³-hybridized carbons (Fsp3) is 0.143. The van der Waals surface area contributed by atoms with E-state index in [9.17, 15) is 26.3 Å². The Morgan fingerprint density at radius 3 is 1.57 bits per heavy atom. The van der Waals surface area contributed by atoms with Crippen LogP contribution in [0.25, 0.3) is 11.1 Å². The molecule has 3 rings (SSSR count). The first-order valence-electron chi connectivity index (χ1n) is 8.24. The molecule has 0 radical (unpaired) electrons. The number of benzene rings is 3. The van der Waals surface area contributed by atoms with Crippen LogP contribution >= 0.6 is 0 Å². The van der Waals surface area contributed by atoms with Crippen molar-refractivity contribution >= 4 is 11.4 Å². The molecule has 146 valence electrons. The van der Waals surface area contributed by atoms with E-state index >= 15 is 0 Å². The molecule has 0 saturated carbocycles. The Bertz CT molecular complexity index is 940. The van der Waals surface area contributed by atoms with E-state index in [1.54, 1.807) is 36.2 Å². The van der Waals surface area contributed by atoms with Crippen molar-refractivity contribution in [2.45, 2.75) is 12.4 Å². The first-order valence-corrected chi connectivity index (χ1v) is 8.24. The maximum atomic E-state index is 12.7. The van der Waals surface area contributed by atoms with Crippen molar-refractivity contribution in [3.63, 3.8) is 0 Å². The van der Waals surface area contributed by atoms with Gasteiger partial charge in [-0.2, -0.15) is 26.3 Å². The zero-order valence-electron chi connectivity index (χ0n) is 14.6. The predicted octanol–water partition coefficient (Wildman–Crippen LogP) is 7.16. The molecule has 0 heterocycles. The van der Waals surface area contributed by atoms with Gasteiger partial charge < -0.3 is 4.90 Å². The van der Waals surface area contributed by atoms with Crippen LogP contribution in [0.15, 0.2) is 72.8 Å². The van der Waals surface area contributed by atoms with E-state index < -0.39 is 23.5 Å². The fourth-order valence-corrected chi connectivity index (χ4v) is 2.77. The van der Waals surface area contributed by atoms with Gasteiger partial charge in [0.25, 0.3) is 0 Å². The van der Waals surface area contributed by atoms with Crippen LogP contribution in [0.5, 0.6) is 0 Å². The maximum Gasteiger partial charge on any atom is 0.416 e. The highest BCUT2D eigenvalue weighted by molar-refractivity contribution is 5.72. The molecule has 0 unspecified atom stereocenters. The summed E-state index contributed by atoms with van der Waals surface area (Å²) in [7, 11) is 1.70. The quantitative estimate of drug-likeness (QED) is 0.425. The van der Waals surface area contributed by atoms with Crippen LogP contribution in [0.3, 0.4) is 0 Å².